The van der Waals surface area contributed by atoms with E-state index in [9.17, 15) is 9.59 Å². The Morgan fingerprint density at radius 2 is 2.08 bits per heavy atom. The maximum absolute atomic E-state index is 12.6. The van der Waals surface area contributed by atoms with Gasteiger partial charge in [-0.3, -0.25) is 0 Å². The number of esters is 2. The first kappa shape index (κ1) is 15.6. The molecular weight excluding hydrogens is 340 g/mol. The zero-order valence-electron chi connectivity index (χ0n) is 13.1. The quantitative estimate of drug-likeness (QED) is 0.674. The van der Waals surface area contributed by atoms with Gasteiger partial charge >= 0.3 is 11.9 Å². The molecule has 1 aliphatic rings. The number of hydrogen-bond acceptors (Lipinski definition) is 6. The minimum Gasteiger partial charge on any atom is -0.463 e. The second-order valence-corrected chi connectivity index (χ2v) is 6.44. The molecule has 0 aliphatic carbocycles. The van der Waals surface area contributed by atoms with Crippen LogP contribution in [0.25, 0.3) is 16.3 Å². The van der Waals surface area contributed by atoms with Crippen LogP contribution in [-0.4, -0.2) is 34.4 Å². The Bertz CT molecular complexity index is 903. The van der Waals surface area contributed by atoms with Crippen LogP contribution in [0, 0.1) is 0 Å². The Kier molecular flexibility index (Phi) is 4.07. The third kappa shape index (κ3) is 3.06. The normalized spacial score (nSPS) is 16.6. The highest BCUT2D eigenvalue weighted by Gasteiger charge is 2.32. The summed E-state index contributed by atoms with van der Waals surface area (Å²) in [4.78, 5) is 25.2. The van der Waals surface area contributed by atoms with E-state index in [0.717, 1.165) is 10.6 Å². The van der Waals surface area contributed by atoms with E-state index in [1.807, 2.05) is 47.8 Å². The van der Waals surface area contributed by atoms with E-state index in [1.165, 1.54) is 16.0 Å². The summed E-state index contributed by atoms with van der Waals surface area (Å²) in [6, 6.07) is 14.9. The maximum atomic E-state index is 12.6. The van der Waals surface area contributed by atoms with Gasteiger partial charge < -0.3 is 9.47 Å². The number of benzene rings is 1. The molecule has 0 amide bonds. The van der Waals surface area contributed by atoms with Crippen LogP contribution in [0.2, 0.25) is 0 Å². The molecule has 1 fully saturated rings. The lowest BCUT2D eigenvalue weighted by Crippen LogP contribution is -2.24. The number of carbonyl (C=O) groups is 2. The molecule has 3 aromatic rings. The van der Waals surface area contributed by atoms with Crippen molar-refractivity contribution in [2.75, 3.05) is 6.61 Å². The first-order valence-electron chi connectivity index (χ1n) is 7.79. The van der Waals surface area contributed by atoms with E-state index < -0.39 is 18.0 Å². The first-order chi connectivity index (χ1) is 12.2. The van der Waals surface area contributed by atoms with Crippen LogP contribution in [0.15, 0.2) is 53.9 Å². The van der Waals surface area contributed by atoms with Gasteiger partial charge in [-0.25, -0.2) is 14.3 Å². The molecule has 0 N–H and O–H groups in total. The average molecular weight is 354 g/mol. The molecule has 0 saturated carbocycles. The Labute approximate surface area is 147 Å². The molecule has 0 unspecified atom stereocenters. The number of carbonyl (C=O) groups excluding carboxylic acids is 2. The molecule has 4 rings (SSSR count). The molecule has 1 aromatic carbocycles. The number of nitrogens with zero attached hydrogens (tertiary/aromatic N) is 2. The standard InChI is InChI=1S/C18H14N2O4S/c21-17(24-15-8-9-23-18(15)22)14-11-13(16-7-4-10-25-16)19-20(14)12-5-2-1-3-6-12/h1-7,10-11,15H,8-9H2/t15-/m1/s1. The van der Waals surface area contributed by atoms with Gasteiger partial charge in [0.15, 0.2) is 5.69 Å². The molecule has 3 heterocycles. The first-order valence-corrected chi connectivity index (χ1v) is 8.67. The number of aromatic nitrogens is 2. The number of cyclic esters (lactones) is 1. The summed E-state index contributed by atoms with van der Waals surface area (Å²) in [7, 11) is 0. The topological polar surface area (TPSA) is 70.4 Å². The molecule has 1 aliphatic heterocycles. The van der Waals surface area contributed by atoms with Crippen molar-refractivity contribution in [1.29, 1.82) is 0 Å². The number of rotatable bonds is 4. The van der Waals surface area contributed by atoms with Crippen LogP contribution in [0.3, 0.4) is 0 Å². The summed E-state index contributed by atoms with van der Waals surface area (Å²) in [5, 5.41) is 6.50. The largest absolute Gasteiger partial charge is 0.463 e. The van der Waals surface area contributed by atoms with E-state index in [4.69, 9.17) is 9.47 Å². The molecule has 0 radical (unpaired) electrons. The zero-order valence-corrected chi connectivity index (χ0v) is 13.9. The van der Waals surface area contributed by atoms with Crippen LogP contribution in [0.4, 0.5) is 0 Å². The Hall–Kier alpha value is -2.93. The monoisotopic (exact) mass is 354 g/mol. The number of para-hydroxylation sites is 1. The van der Waals surface area contributed by atoms with Crippen molar-refractivity contribution in [3.63, 3.8) is 0 Å². The van der Waals surface area contributed by atoms with Crippen molar-refractivity contribution < 1.29 is 19.1 Å². The second kappa shape index (κ2) is 6.52. The van der Waals surface area contributed by atoms with Gasteiger partial charge in [0.05, 0.1) is 17.2 Å². The van der Waals surface area contributed by atoms with E-state index in [1.54, 1.807) is 6.07 Å². The fraction of sp³-hybridized carbons (Fsp3) is 0.167. The fourth-order valence-corrected chi connectivity index (χ4v) is 3.29. The van der Waals surface area contributed by atoms with Crippen molar-refractivity contribution >= 4 is 23.3 Å². The molecule has 0 spiro atoms. The summed E-state index contributed by atoms with van der Waals surface area (Å²) in [6.45, 7) is 0.273. The molecule has 1 atom stereocenters. The van der Waals surface area contributed by atoms with Gasteiger partial charge in [-0.05, 0) is 23.6 Å². The summed E-state index contributed by atoms with van der Waals surface area (Å²) >= 11 is 1.54. The van der Waals surface area contributed by atoms with E-state index in [-0.39, 0.29) is 12.3 Å². The summed E-state index contributed by atoms with van der Waals surface area (Å²) in [6.07, 6.45) is -0.473. The summed E-state index contributed by atoms with van der Waals surface area (Å²) < 4.78 is 11.7. The highest BCUT2D eigenvalue weighted by atomic mass is 32.1. The van der Waals surface area contributed by atoms with Crippen molar-refractivity contribution in [2.45, 2.75) is 12.5 Å². The molecule has 25 heavy (non-hydrogen) atoms. The molecule has 1 saturated heterocycles. The van der Waals surface area contributed by atoms with Gasteiger partial charge in [0, 0.05) is 12.5 Å². The summed E-state index contributed by atoms with van der Waals surface area (Å²) in [5.74, 6) is -1.10. The molecule has 6 nitrogen and oxygen atoms in total. The third-order valence-corrected chi connectivity index (χ3v) is 4.72. The van der Waals surface area contributed by atoms with Crippen LogP contribution >= 0.6 is 11.3 Å². The molecule has 7 heteroatoms. The van der Waals surface area contributed by atoms with Crippen LogP contribution in [0.5, 0.6) is 0 Å². The summed E-state index contributed by atoms with van der Waals surface area (Å²) in [5.41, 5.74) is 1.69. The third-order valence-electron chi connectivity index (χ3n) is 3.83. The van der Waals surface area contributed by atoms with Crippen molar-refractivity contribution in [1.82, 2.24) is 9.78 Å². The Morgan fingerprint density at radius 3 is 2.76 bits per heavy atom. The minimum absolute atomic E-state index is 0.273. The van der Waals surface area contributed by atoms with Crippen molar-refractivity contribution in [3.8, 4) is 16.3 Å². The van der Waals surface area contributed by atoms with Crippen LogP contribution in [-0.2, 0) is 14.3 Å². The lowest BCUT2D eigenvalue weighted by molar-refractivity contribution is -0.145. The molecular formula is C18H14N2O4S. The minimum atomic E-state index is -0.850. The van der Waals surface area contributed by atoms with Crippen molar-refractivity contribution in [3.05, 3.63) is 59.6 Å². The van der Waals surface area contributed by atoms with E-state index in [0.29, 0.717) is 12.1 Å². The number of thiophene rings is 1. The van der Waals surface area contributed by atoms with Gasteiger partial charge in [0.25, 0.3) is 0 Å². The van der Waals surface area contributed by atoms with E-state index in [2.05, 4.69) is 5.10 Å². The lowest BCUT2D eigenvalue weighted by atomic mass is 10.2. The van der Waals surface area contributed by atoms with Crippen LogP contribution < -0.4 is 0 Å². The Balaban J connectivity index is 1.72. The maximum Gasteiger partial charge on any atom is 0.357 e. The SMILES string of the molecule is O=C(O[C@@H]1CCOC1=O)c1cc(-c2cccs2)nn1-c1ccccc1. The fourth-order valence-electron chi connectivity index (χ4n) is 2.61. The molecule has 0 bridgehead atoms. The highest BCUT2D eigenvalue weighted by Crippen LogP contribution is 2.26. The Morgan fingerprint density at radius 1 is 1.24 bits per heavy atom. The van der Waals surface area contributed by atoms with Crippen LogP contribution in [0.1, 0.15) is 16.9 Å². The predicted octanol–water partition coefficient (Wildman–Crippen LogP) is 3.07. The van der Waals surface area contributed by atoms with E-state index >= 15 is 0 Å². The zero-order chi connectivity index (χ0) is 17.2. The molecule has 126 valence electrons. The van der Waals surface area contributed by atoms with Gasteiger partial charge in [-0.1, -0.05) is 24.3 Å². The highest BCUT2D eigenvalue weighted by molar-refractivity contribution is 7.13. The van der Waals surface area contributed by atoms with Gasteiger partial charge in [-0.15, -0.1) is 11.3 Å². The van der Waals surface area contributed by atoms with Gasteiger partial charge in [0.2, 0.25) is 6.10 Å². The smallest absolute Gasteiger partial charge is 0.357 e. The lowest BCUT2D eigenvalue weighted by Gasteiger charge is -2.10. The average Bonchev–Trinajstić information content (AvgIpc) is 3.36. The van der Waals surface area contributed by atoms with Gasteiger partial charge in [-0.2, -0.15) is 5.10 Å². The second-order valence-electron chi connectivity index (χ2n) is 5.49. The van der Waals surface area contributed by atoms with Crippen molar-refractivity contribution in [2.24, 2.45) is 0 Å². The number of hydrogen-bond donors (Lipinski definition) is 0. The van der Waals surface area contributed by atoms with Gasteiger partial charge in [0.1, 0.15) is 5.69 Å². The molecule has 2 aromatic heterocycles. The predicted molar refractivity (Wildman–Crippen MR) is 91.7 cm³/mol. The number of ether oxygens (including phenoxy) is 2.